The Kier molecular flexibility index (Phi) is 8.41. The van der Waals surface area contributed by atoms with E-state index < -0.39 is 0 Å². The third kappa shape index (κ3) is 7.42. The molecule has 0 fully saturated rings. The van der Waals surface area contributed by atoms with Gasteiger partial charge in [0.15, 0.2) is 0 Å². The Morgan fingerprint density at radius 2 is 0.955 bits per heavy atom. The van der Waals surface area contributed by atoms with Crippen molar-refractivity contribution in [3.63, 3.8) is 0 Å². The summed E-state index contributed by atoms with van der Waals surface area (Å²) in [5.41, 5.74) is 2.91. The van der Waals surface area contributed by atoms with Crippen LogP contribution in [0.3, 0.4) is 0 Å². The molecule has 0 spiro atoms. The van der Waals surface area contributed by atoms with Crippen molar-refractivity contribution in [2.45, 2.75) is 44.9 Å². The molecule has 0 heterocycles. The molecule has 1 heteroatoms. The molecule has 0 aliphatic carbocycles. The maximum atomic E-state index is 4.65. The first-order valence-electron chi connectivity index (χ1n) is 8.66. The fraction of sp³-hybridized carbons (Fsp3) is 0.429. The average Bonchev–Trinajstić information content (AvgIpc) is 2.58. The van der Waals surface area contributed by atoms with E-state index in [0.29, 0.717) is 0 Å². The highest BCUT2D eigenvalue weighted by Gasteiger charge is 1.95. The summed E-state index contributed by atoms with van der Waals surface area (Å²) in [5.74, 6) is 0. The molecule has 0 aliphatic rings. The maximum absolute atomic E-state index is 4.65. The molecule has 1 nitrogen and oxygen atoms in total. The SMILES string of the molecule is c1ccc(CCCCC[N]CCCCc2ccccc2)cc1. The van der Waals surface area contributed by atoms with Crippen molar-refractivity contribution in [2.24, 2.45) is 0 Å². The van der Waals surface area contributed by atoms with Crippen molar-refractivity contribution in [2.75, 3.05) is 13.1 Å². The third-order valence-electron chi connectivity index (χ3n) is 4.00. The van der Waals surface area contributed by atoms with E-state index in [1.807, 2.05) is 0 Å². The van der Waals surface area contributed by atoms with Crippen molar-refractivity contribution in [1.29, 1.82) is 0 Å². The van der Waals surface area contributed by atoms with Crippen LogP contribution >= 0.6 is 0 Å². The summed E-state index contributed by atoms with van der Waals surface area (Å²) >= 11 is 0. The molecule has 0 bridgehead atoms. The zero-order valence-corrected chi connectivity index (χ0v) is 13.6. The van der Waals surface area contributed by atoms with Crippen molar-refractivity contribution < 1.29 is 0 Å². The van der Waals surface area contributed by atoms with Crippen LogP contribution in [0, 0.1) is 0 Å². The molecule has 0 amide bonds. The van der Waals surface area contributed by atoms with Gasteiger partial charge in [0.05, 0.1) is 0 Å². The highest BCUT2D eigenvalue weighted by Crippen LogP contribution is 2.06. The standard InChI is InChI=1S/C21H28N/c1-4-12-20(13-5-1)16-8-3-10-18-22-19-11-9-17-21-14-6-2-7-15-21/h1-2,4-7,12-15H,3,8-11,16-19H2. The van der Waals surface area contributed by atoms with E-state index in [4.69, 9.17) is 0 Å². The molecule has 2 aromatic rings. The Hall–Kier alpha value is -1.60. The van der Waals surface area contributed by atoms with E-state index in [9.17, 15) is 0 Å². The summed E-state index contributed by atoms with van der Waals surface area (Å²) in [6, 6.07) is 21.5. The molecule has 0 saturated heterocycles. The highest BCUT2D eigenvalue weighted by molar-refractivity contribution is 5.15. The van der Waals surface area contributed by atoms with Gasteiger partial charge in [0.1, 0.15) is 0 Å². The first-order chi connectivity index (χ1) is 10.9. The Labute approximate surface area is 135 Å². The van der Waals surface area contributed by atoms with Gasteiger partial charge in [-0.15, -0.1) is 0 Å². The molecule has 0 atom stereocenters. The molecule has 0 aliphatic heterocycles. The first-order valence-corrected chi connectivity index (χ1v) is 8.66. The summed E-state index contributed by atoms with van der Waals surface area (Å²) in [4.78, 5) is 0. The molecule has 0 aromatic heterocycles. The van der Waals surface area contributed by atoms with Gasteiger partial charge in [-0.25, -0.2) is 5.32 Å². The van der Waals surface area contributed by atoms with Crippen molar-refractivity contribution in [3.8, 4) is 0 Å². The number of hydrogen-bond donors (Lipinski definition) is 0. The highest BCUT2D eigenvalue weighted by atomic mass is 14.8. The monoisotopic (exact) mass is 294 g/mol. The van der Waals surface area contributed by atoms with Crippen LogP contribution in [-0.4, -0.2) is 13.1 Å². The van der Waals surface area contributed by atoms with Gasteiger partial charge in [-0.1, -0.05) is 67.1 Å². The minimum Gasteiger partial charge on any atom is -0.242 e. The van der Waals surface area contributed by atoms with Crippen LogP contribution in [-0.2, 0) is 12.8 Å². The second kappa shape index (κ2) is 11.0. The number of nitrogens with zero attached hydrogens (tertiary/aromatic N) is 1. The van der Waals surface area contributed by atoms with Crippen LogP contribution in [0.15, 0.2) is 60.7 Å². The summed E-state index contributed by atoms with van der Waals surface area (Å²) in [5, 5.41) is 4.65. The molecule has 0 N–H and O–H groups in total. The molecule has 22 heavy (non-hydrogen) atoms. The number of benzene rings is 2. The largest absolute Gasteiger partial charge is 0.242 e. The summed E-state index contributed by atoms with van der Waals surface area (Å²) in [6.07, 6.45) is 8.69. The minimum absolute atomic E-state index is 1.03. The fourth-order valence-electron chi connectivity index (χ4n) is 2.68. The van der Waals surface area contributed by atoms with E-state index in [1.54, 1.807) is 0 Å². The van der Waals surface area contributed by atoms with Crippen molar-refractivity contribution in [3.05, 3.63) is 71.8 Å². The topological polar surface area (TPSA) is 14.1 Å². The first kappa shape index (κ1) is 16.8. The number of rotatable bonds is 11. The zero-order chi connectivity index (χ0) is 15.3. The van der Waals surface area contributed by atoms with E-state index >= 15 is 0 Å². The maximum Gasteiger partial charge on any atom is 0.0133 e. The van der Waals surface area contributed by atoms with Crippen LogP contribution < -0.4 is 5.32 Å². The Balaban J connectivity index is 1.37. The van der Waals surface area contributed by atoms with Gasteiger partial charge in [0.25, 0.3) is 0 Å². The summed E-state index contributed by atoms with van der Waals surface area (Å²) in [6.45, 7) is 2.08. The molecular formula is C21H28N. The van der Waals surface area contributed by atoms with Crippen LogP contribution in [0.5, 0.6) is 0 Å². The van der Waals surface area contributed by atoms with Crippen molar-refractivity contribution in [1.82, 2.24) is 5.32 Å². The third-order valence-corrected chi connectivity index (χ3v) is 4.00. The van der Waals surface area contributed by atoms with Gasteiger partial charge in [-0.2, -0.15) is 0 Å². The van der Waals surface area contributed by atoms with Gasteiger partial charge in [0, 0.05) is 13.1 Å². The van der Waals surface area contributed by atoms with E-state index in [-0.39, 0.29) is 0 Å². The van der Waals surface area contributed by atoms with E-state index in [2.05, 4.69) is 66.0 Å². The molecule has 117 valence electrons. The molecule has 2 rings (SSSR count). The number of hydrogen-bond acceptors (Lipinski definition) is 0. The van der Waals surface area contributed by atoms with Gasteiger partial charge in [-0.3, -0.25) is 0 Å². The van der Waals surface area contributed by atoms with Crippen molar-refractivity contribution >= 4 is 0 Å². The smallest absolute Gasteiger partial charge is 0.0133 e. The van der Waals surface area contributed by atoms with Crippen LogP contribution in [0.2, 0.25) is 0 Å². The van der Waals surface area contributed by atoms with E-state index in [0.717, 1.165) is 13.1 Å². The quantitative estimate of drug-likeness (QED) is 0.516. The molecule has 1 radical (unpaired) electrons. The second-order valence-corrected chi connectivity index (χ2v) is 5.91. The van der Waals surface area contributed by atoms with E-state index in [1.165, 1.54) is 56.1 Å². The van der Waals surface area contributed by atoms with Crippen LogP contribution in [0.1, 0.15) is 43.2 Å². The van der Waals surface area contributed by atoms with Crippen LogP contribution in [0.25, 0.3) is 0 Å². The normalized spacial score (nSPS) is 10.7. The van der Waals surface area contributed by atoms with Gasteiger partial charge in [-0.05, 0) is 49.7 Å². The molecule has 0 unspecified atom stereocenters. The molecule has 0 saturated carbocycles. The lowest BCUT2D eigenvalue weighted by Gasteiger charge is -2.04. The Morgan fingerprint density at radius 1 is 0.500 bits per heavy atom. The lowest BCUT2D eigenvalue weighted by Crippen LogP contribution is -2.08. The number of aryl methyl sites for hydroxylation is 2. The average molecular weight is 294 g/mol. The van der Waals surface area contributed by atoms with Gasteiger partial charge < -0.3 is 0 Å². The Bertz CT molecular complexity index is 430. The fourth-order valence-corrected chi connectivity index (χ4v) is 2.68. The predicted molar refractivity (Wildman–Crippen MR) is 95.2 cm³/mol. The lowest BCUT2D eigenvalue weighted by molar-refractivity contribution is 0.569. The molecule has 2 aromatic carbocycles. The predicted octanol–water partition coefficient (Wildman–Crippen LogP) is 5.03. The zero-order valence-electron chi connectivity index (χ0n) is 13.6. The van der Waals surface area contributed by atoms with Gasteiger partial charge >= 0.3 is 0 Å². The minimum atomic E-state index is 1.03. The second-order valence-electron chi connectivity index (χ2n) is 5.91. The summed E-state index contributed by atoms with van der Waals surface area (Å²) in [7, 11) is 0. The van der Waals surface area contributed by atoms with Gasteiger partial charge in [0.2, 0.25) is 0 Å². The summed E-state index contributed by atoms with van der Waals surface area (Å²) < 4.78 is 0. The van der Waals surface area contributed by atoms with Crippen LogP contribution in [0.4, 0.5) is 0 Å². The number of unbranched alkanes of at least 4 members (excludes halogenated alkanes) is 3. The lowest BCUT2D eigenvalue weighted by atomic mass is 10.1. The Morgan fingerprint density at radius 3 is 1.50 bits per heavy atom. The molecular weight excluding hydrogens is 266 g/mol.